The molecule has 2 aromatic rings. The number of hydrogen-bond acceptors (Lipinski definition) is 4. The van der Waals surface area contributed by atoms with E-state index in [-0.39, 0.29) is 24.7 Å². The third kappa shape index (κ3) is 4.40. The third-order valence-corrected chi connectivity index (χ3v) is 4.93. The van der Waals surface area contributed by atoms with Crippen LogP contribution in [0, 0.1) is 0 Å². The SMILES string of the molecule is O=C1CCN(C(=O)Cc2csc(-c3cccc(C(F)(F)F)c3)n2)CCN1. The Labute approximate surface area is 151 Å². The van der Waals surface area contributed by atoms with Gasteiger partial charge in [-0.1, -0.05) is 12.1 Å². The lowest BCUT2D eigenvalue weighted by Gasteiger charge is -2.18. The molecule has 1 fully saturated rings. The van der Waals surface area contributed by atoms with Gasteiger partial charge in [-0.25, -0.2) is 4.98 Å². The van der Waals surface area contributed by atoms with Crippen molar-refractivity contribution in [2.24, 2.45) is 0 Å². The van der Waals surface area contributed by atoms with Crippen LogP contribution in [0.2, 0.25) is 0 Å². The zero-order chi connectivity index (χ0) is 18.7. The summed E-state index contributed by atoms with van der Waals surface area (Å²) >= 11 is 1.20. The zero-order valence-electron chi connectivity index (χ0n) is 13.7. The minimum atomic E-state index is -4.41. The molecular weight excluding hydrogens is 367 g/mol. The standard InChI is InChI=1S/C17H16F3N3O2S/c18-17(19,20)12-3-1-2-11(8-12)16-22-13(10-26-16)9-15(25)23-6-4-14(24)21-5-7-23/h1-3,8,10H,4-7,9H2,(H,21,24). The van der Waals surface area contributed by atoms with Crippen molar-refractivity contribution >= 4 is 23.2 Å². The fourth-order valence-electron chi connectivity index (χ4n) is 2.63. The fraction of sp³-hybridized carbons (Fsp3) is 0.353. The number of nitrogens with one attached hydrogen (secondary N) is 1. The molecule has 2 amide bonds. The maximum Gasteiger partial charge on any atom is 0.416 e. The fourth-order valence-corrected chi connectivity index (χ4v) is 3.45. The van der Waals surface area contributed by atoms with E-state index in [9.17, 15) is 22.8 Å². The Kier molecular flexibility index (Phi) is 5.26. The van der Waals surface area contributed by atoms with Crippen LogP contribution in [0.25, 0.3) is 10.6 Å². The molecule has 1 aliphatic rings. The molecule has 1 aromatic heterocycles. The van der Waals surface area contributed by atoms with E-state index in [0.717, 1.165) is 12.1 Å². The van der Waals surface area contributed by atoms with E-state index >= 15 is 0 Å². The molecule has 26 heavy (non-hydrogen) atoms. The van der Waals surface area contributed by atoms with Crippen LogP contribution in [0.1, 0.15) is 17.7 Å². The molecule has 0 saturated carbocycles. The summed E-state index contributed by atoms with van der Waals surface area (Å²) in [4.78, 5) is 29.6. The van der Waals surface area contributed by atoms with Crippen molar-refractivity contribution in [2.45, 2.75) is 19.0 Å². The molecule has 1 aromatic carbocycles. The maximum absolute atomic E-state index is 12.8. The molecule has 0 spiro atoms. The van der Waals surface area contributed by atoms with E-state index in [1.807, 2.05) is 0 Å². The number of carbonyl (C=O) groups excluding carboxylic acids is 2. The Morgan fingerprint density at radius 2 is 2.12 bits per heavy atom. The number of carbonyl (C=O) groups is 2. The Bertz CT molecular complexity index is 820. The van der Waals surface area contributed by atoms with Gasteiger partial charge in [-0.15, -0.1) is 11.3 Å². The van der Waals surface area contributed by atoms with E-state index in [1.54, 1.807) is 16.3 Å². The Morgan fingerprint density at radius 1 is 1.31 bits per heavy atom. The molecule has 5 nitrogen and oxygen atoms in total. The lowest BCUT2D eigenvalue weighted by atomic mass is 10.1. The van der Waals surface area contributed by atoms with Crippen molar-refractivity contribution in [3.63, 3.8) is 0 Å². The lowest BCUT2D eigenvalue weighted by molar-refractivity contribution is -0.137. The molecule has 9 heteroatoms. The zero-order valence-corrected chi connectivity index (χ0v) is 14.5. The smallest absolute Gasteiger partial charge is 0.354 e. The Hall–Kier alpha value is -2.42. The van der Waals surface area contributed by atoms with Crippen LogP contribution in [-0.4, -0.2) is 41.3 Å². The molecule has 1 aliphatic heterocycles. The number of rotatable bonds is 3. The molecule has 0 atom stereocenters. The van der Waals surface area contributed by atoms with Crippen LogP contribution < -0.4 is 5.32 Å². The predicted molar refractivity (Wildman–Crippen MR) is 90.5 cm³/mol. The van der Waals surface area contributed by atoms with Gasteiger partial charge in [0.2, 0.25) is 11.8 Å². The highest BCUT2D eigenvalue weighted by Gasteiger charge is 2.30. The molecule has 138 valence electrons. The van der Waals surface area contributed by atoms with Gasteiger partial charge in [0, 0.05) is 37.0 Å². The third-order valence-electron chi connectivity index (χ3n) is 3.99. The molecule has 1 saturated heterocycles. The van der Waals surface area contributed by atoms with Gasteiger partial charge in [0.1, 0.15) is 5.01 Å². The van der Waals surface area contributed by atoms with Gasteiger partial charge in [0.25, 0.3) is 0 Å². The molecule has 0 aliphatic carbocycles. The van der Waals surface area contributed by atoms with Crippen LogP contribution in [0.5, 0.6) is 0 Å². The van der Waals surface area contributed by atoms with E-state index in [4.69, 9.17) is 0 Å². The highest BCUT2D eigenvalue weighted by molar-refractivity contribution is 7.13. The van der Waals surface area contributed by atoms with Crippen molar-refractivity contribution in [2.75, 3.05) is 19.6 Å². The molecule has 0 radical (unpaired) electrons. The normalized spacial score (nSPS) is 15.5. The van der Waals surface area contributed by atoms with Crippen molar-refractivity contribution in [1.29, 1.82) is 0 Å². The number of amides is 2. The molecule has 0 bridgehead atoms. The summed E-state index contributed by atoms with van der Waals surface area (Å²) in [6.07, 6.45) is -4.09. The van der Waals surface area contributed by atoms with Gasteiger partial charge < -0.3 is 10.2 Å². The summed E-state index contributed by atoms with van der Waals surface area (Å²) in [6.45, 7) is 1.21. The average molecular weight is 383 g/mol. The van der Waals surface area contributed by atoms with Gasteiger partial charge in [-0.2, -0.15) is 13.2 Å². The number of aromatic nitrogens is 1. The van der Waals surface area contributed by atoms with Crippen LogP contribution in [-0.2, 0) is 22.2 Å². The van der Waals surface area contributed by atoms with Crippen molar-refractivity contribution in [3.8, 4) is 10.6 Å². The summed E-state index contributed by atoms with van der Waals surface area (Å²) in [7, 11) is 0. The topological polar surface area (TPSA) is 62.3 Å². The number of alkyl halides is 3. The second-order valence-electron chi connectivity index (χ2n) is 5.88. The first-order valence-corrected chi connectivity index (χ1v) is 8.87. The number of hydrogen-bond donors (Lipinski definition) is 1. The summed E-state index contributed by atoms with van der Waals surface area (Å²) in [5.74, 6) is -0.233. The van der Waals surface area contributed by atoms with Crippen LogP contribution in [0.15, 0.2) is 29.6 Å². The molecular formula is C17H16F3N3O2S. The first kappa shape index (κ1) is 18.4. The minimum absolute atomic E-state index is 0.0592. The first-order valence-electron chi connectivity index (χ1n) is 7.99. The van der Waals surface area contributed by atoms with E-state index < -0.39 is 11.7 Å². The van der Waals surface area contributed by atoms with Gasteiger partial charge in [-0.05, 0) is 12.1 Å². The van der Waals surface area contributed by atoms with E-state index in [2.05, 4.69) is 10.3 Å². The van der Waals surface area contributed by atoms with E-state index in [0.29, 0.717) is 35.9 Å². The predicted octanol–water partition coefficient (Wildman–Crippen LogP) is 2.72. The largest absolute Gasteiger partial charge is 0.416 e. The molecule has 3 rings (SSSR count). The van der Waals surface area contributed by atoms with Gasteiger partial charge in [-0.3, -0.25) is 9.59 Å². The number of halogens is 3. The van der Waals surface area contributed by atoms with Gasteiger partial charge in [0.15, 0.2) is 0 Å². The molecule has 0 unspecified atom stereocenters. The quantitative estimate of drug-likeness (QED) is 0.887. The average Bonchev–Trinajstić information content (AvgIpc) is 2.94. The van der Waals surface area contributed by atoms with E-state index in [1.165, 1.54) is 17.4 Å². The maximum atomic E-state index is 12.8. The van der Waals surface area contributed by atoms with Gasteiger partial charge >= 0.3 is 6.18 Å². The van der Waals surface area contributed by atoms with Crippen molar-refractivity contribution in [3.05, 3.63) is 40.9 Å². The summed E-state index contributed by atoms with van der Waals surface area (Å²) in [5.41, 5.74) is 0.147. The molecule has 1 N–H and O–H groups in total. The summed E-state index contributed by atoms with van der Waals surface area (Å²) in [5, 5.41) is 4.81. The van der Waals surface area contributed by atoms with Crippen molar-refractivity contribution in [1.82, 2.24) is 15.2 Å². The number of thiazole rings is 1. The van der Waals surface area contributed by atoms with Gasteiger partial charge in [0.05, 0.1) is 17.7 Å². The highest BCUT2D eigenvalue weighted by Crippen LogP contribution is 2.33. The van der Waals surface area contributed by atoms with Crippen LogP contribution >= 0.6 is 11.3 Å². The lowest BCUT2D eigenvalue weighted by Crippen LogP contribution is -2.35. The first-order chi connectivity index (χ1) is 12.3. The second kappa shape index (κ2) is 7.45. The van der Waals surface area contributed by atoms with Crippen molar-refractivity contribution < 1.29 is 22.8 Å². The van der Waals surface area contributed by atoms with Crippen LogP contribution in [0.3, 0.4) is 0 Å². The van der Waals surface area contributed by atoms with Crippen LogP contribution in [0.4, 0.5) is 13.2 Å². The highest BCUT2D eigenvalue weighted by atomic mass is 32.1. The minimum Gasteiger partial charge on any atom is -0.354 e. The monoisotopic (exact) mass is 383 g/mol. The number of nitrogens with zero attached hydrogens (tertiary/aromatic N) is 2. The summed E-state index contributed by atoms with van der Waals surface area (Å²) in [6, 6.07) is 4.96. The molecule has 2 heterocycles. The Morgan fingerprint density at radius 3 is 2.88 bits per heavy atom. The summed E-state index contributed by atoms with van der Waals surface area (Å²) < 4.78 is 38.5. The Balaban J connectivity index is 1.70. The number of benzene rings is 1. The second-order valence-corrected chi connectivity index (χ2v) is 6.74.